The molecule has 0 spiro atoms. The van der Waals surface area contributed by atoms with E-state index in [0.29, 0.717) is 10.3 Å². The molecule has 1 aromatic heterocycles. The third-order valence-corrected chi connectivity index (χ3v) is 4.18. The summed E-state index contributed by atoms with van der Waals surface area (Å²) in [4.78, 5) is 29.7. The Bertz CT molecular complexity index is 1030. The first-order chi connectivity index (χ1) is 12.7. The number of nitrogens with zero attached hydrogens (tertiary/aromatic N) is 1. The van der Waals surface area contributed by atoms with Crippen LogP contribution in [0.2, 0.25) is 0 Å². The number of anilines is 1. The van der Waals surface area contributed by atoms with E-state index in [1.807, 2.05) is 30.3 Å². The molecule has 0 atom stereocenters. The number of rotatable bonds is 3. The standard InChI is InChI=1S/C21H19BrN2O3/c1-21(2,3)27-20(26)15-10-9-14(22)12-16(15)19(25)24-18-11-8-13-6-4-5-7-17(13)23-18/h4-12H,1-3H3,(H,23,24,25). The Balaban J connectivity index is 1.91. The van der Waals surface area contributed by atoms with Crippen LogP contribution in [0, 0.1) is 0 Å². The number of halogens is 1. The van der Waals surface area contributed by atoms with E-state index in [4.69, 9.17) is 4.74 Å². The molecule has 0 fully saturated rings. The number of pyridine rings is 1. The van der Waals surface area contributed by atoms with Crippen LogP contribution >= 0.6 is 15.9 Å². The number of fused-ring (bicyclic) bond motifs is 1. The quantitative estimate of drug-likeness (QED) is 0.583. The first-order valence-electron chi connectivity index (χ1n) is 8.43. The fourth-order valence-electron chi connectivity index (χ4n) is 2.53. The van der Waals surface area contributed by atoms with Gasteiger partial charge < -0.3 is 10.1 Å². The van der Waals surface area contributed by atoms with Gasteiger partial charge in [-0.25, -0.2) is 9.78 Å². The van der Waals surface area contributed by atoms with Crippen molar-refractivity contribution in [3.8, 4) is 0 Å². The van der Waals surface area contributed by atoms with E-state index in [-0.39, 0.29) is 11.1 Å². The molecule has 0 aliphatic rings. The number of aromatic nitrogens is 1. The highest BCUT2D eigenvalue weighted by atomic mass is 79.9. The summed E-state index contributed by atoms with van der Waals surface area (Å²) in [6.07, 6.45) is 0. The number of ether oxygens (including phenoxy) is 1. The summed E-state index contributed by atoms with van der Waals surface area (Å²) < 4.78 is 6.10. The summed E-state index contributed by atoms with van der Waals surface area (Å²) in [6.45, 7) is 5.34. The van der Waals surface area contributed by atoms with Crippen LogP contribution in [0.1, 0.15) is 41.5 Å². The first kappa shape index (κ1) is 19.0. The van der Waals surface area contributed by atoms with Crippen LogP contribution in [0.3, 0.4) is 0 Å². The van der Waals surface area contributed by atoms with Gasteiger partial charge in [-0.15, -0.1) is 0 Å². The Morgan fingerprint density at radius 2 is 1.74 bits per heavy atom. The summed E-state index contributed by atoms with van der Waals surface area (Å²) in [6, 6.07) is 16.1. The number of esters is 1. The van der Waals surface area contributed by atoms with Crippen LogP contribution in [-0.4, -0.2) is 22.5 Å². The zero-order chi connectivity index (χ0) is 19.6. The summed E-state index contributed by atoms with van der Waals surface area (Å²) in [7, 11) is 0. The smallest absolute Gasteiger partial charge is 0.339 e. The van der Waals surface area contributed by atoms with Crippen molar-refractivity contribution < 1.29 is 14.3 Å². The van der Waals surface area contributed by atoms with E-state index in [1.165, 1.54) is 0 Å². The topological polar surface area (TPSA) is 68.3 Å². The van der Waals surface area contributed by atoms with E-state index in [1.54, 1.807) is 45.0 Å². The van der Waals surface area contributed by atoms with E-state index < -0.39 is 17.5 Å². The van der Waals surface area contributed by atoms with E-state index in [0.717, 1.165) is 10.9 Å². The molecule has 1 N–H and O–H groups in total. The second-order valence-corrected chi connectivity index (χ2v) is 7.95. The predicted octanol–water partition coefficient (Wildman–Crippen LogP) is 5.20. The van der Waals surface area contributed by atoms with Crippen LogP contribution in [0.25, 0.3) is 10.9 Å². The SMILES string of the molecule is CC(C)(C)OC(=O)c1ccc(Br)cc1C(=O)Nc1ccc2ccccc2n1. The monoisotopic (exact) mass is 426 g/mol. The van der Waals surface area contributed by atoms with Crippen LogP contribution in [0.5, 0.6) is 0 Å². The first-order valence-corrected chi connectivity index (χ1v) is 9.22. The van der Waals surface area contributed by atoms with Gasteiger partial charge in [-0.05, 0) is 57.2 Å². The van der Waals surface area contributed by atoms with Gasteiger partial charge in [0.15, 0.2) is 0 Å². The van der Waals surface area contributed by atoms with Crippen molar-refractivity contribution >= 4 is 44.5 Å². The average molecular weight is 427 g/mol. The average Bonchev–Trinajstić information content (AvgIpc) is 2.60. The van der Waals surface area contributed by atoms with Crippen molar-refractivity contribution in [2.45, 2.75) is 26.4 Å². The lowest BCUT2D eigenvalue weighted by molar-refractivity contribution is 0.00678. The molecule has 0 unspecified atom stereocenters. The molecule has 27 heavy (non-hydrogen) atoms. The van der Waals surface area contributed by atoms with Crippen molar-refractivity contribution in [3.63, 3.8) is 0 Å². The Morgan fingerprint density at radius 1 is 1.00 bits per heavy atom. The number of hydrogen-bond acceptors (Lipinski definition) is 4. The van der Waals surface area contributed by atoms with Crippen LogP contribution in [-0.2, 0) is 4.74 Å². The molecule has 0 aliphatic heterocycles. The minimum Gasteiger partial charge on any atom is -0.456 e. The number of nitrogens with one attached hydrogen (secondary N) is 1. The molecule has 1 amide bonds. The van der Waals surface area contributed by atoms with Crippen molar-refractivity contribution in [2.24, 2.45) is 0 Å². The molecular formula is C21H19BrN2O3. The molecule has 0 saturated heterocycles. The minimum atomic E-state index is -0.655. The van der Waals surface area contributed by atoms with Gasteiger partial charge in [-0.3, -0.25) is 4.79 Å². The summed E-state index contributed by atoms with van der Waals surface area (Å²) in [5, 5.41) is 3.74. The maximum Gasteiger partial charge on any atom is 0.339 e. The molecule has 1 heterocycles. The molecule has 5 nitrogen and oxygen atoms in total. The number of para-hydroxylation sites is 1. The number of carbonyl (C=O) groups excluding carboxylic acids is 2. The second-order valence-electron chi connectivity index (χ2n) is 7.04. The fourth-order valence-corrected chi connectivity index (χ4v) is 2.90. The lowest BCUT2D eigenvalue weighted by atomic mass is 10.1. The number of amides is 1. The van der Waals surface area contributed by atoms with Gasteiger partial charge in [-0.2, -0.15) is 0 Å². The van der Waals surface area contributed by atoms with Gasteiger partial charge in [0.25, 0.3) is 5.91 Å². The van der Waals surface area contributed by atoms with Crippen molar-refractivity contribution in [1.82, 2.24) is 4.98 Å². The van der Waals surface area contributed by atoms with Gasteiger partial charge in [0.1, 0.15) is 11.4 Å². The Labute approximate surface area is 165 Å². The van der Waals surface area contributed by atoms with E-state index in [9.17, 15) is 9.59 Å². The molecule has 0 bridgehead atoms. The zero-order valence-electron chi connectivity index (χ0n) is 15.2. The molecule has 6 heteroatoms. The number of benzene rings is 2. The van der Waals surface area contributed by atoms with Crippen molar-refractivity contribution in [3.05, 3.63) is 70.2 Å². The molecule has 0 saturated carbocycles. The van der Waals surface area contributed by atoms with Gasteiger partial charge in [0.2, 0.25) is 0 Å². The largest absolute Gasteiger partial charge is 0.456 e. The Morgan fingerprint density at radius 3 is 2.48 bits per heavy atom. The normalized spacial score (nSPS) is 11.3. The molecule has 3 rings (SSSR count). The van der Waals surface area contributed by atoms with Gasteiger partial charge in [0.05, 0.1) is 16.6 Å². The van der Waals surface area contributed by atoms with Crippen LogP contribution < -0.4 is 5.32 Å². The highest BCUT2D eigenvalue weighted by molar-refractivity contribution is 9.10. The molecule has 2 aromatic carbocycles. The van der Waals surface area contributed by atoms with Gasteiger partial charge in [0, 0.05) is 9.86 Å². The molecule has 138 valence electrons. The highest BCUT2D eigenvalue weighted by Gasteiger charge is 2.23. The van der Waals surface area contributed by atoms with Gasteiger partial charge >= 0.3 is 5.97 Å². The van der Waals surface area contributed by atoms with Crippen molar-refractivity contribution in [2.75, 3.05) is 5.32 Å². The third kappa shape index (κ3) is 4.71. The maximum atomic E-state index is 12.8. The molecular weight excluding hydrogens is 408 g/mol. The second kappa shape index (κ2) is 7.48. The lowest BCUT2D eigenvalue weighted by Gasteiger charge is -2.20. The summed E-state index contributed by atoms with van der Waals surface area (Å²) >= 11 is 3.35. The molecule has 0 radical (unpaired) electrons. The fraction of sp³-hybridized carbons (Fsp3) is 0.190. The van der Waals surface area contributed by atoms with Crippen molar-refractivity contribution in [1.29, 1.82) is 0 Å². The molecule has 0 aliphatic carbocycles. The minimum absolute atomic E-state index is 0.200. The van der Waals surface area contributed by atoms with Gasteiger partial charge in [-0.1, -0.05) is 34.1 Å². The van der Waals surface area contributed by atoms with Crippen LogP contribution in [0.4, 0.5) is 5.82 Å². The third-order valence-electron chi connectivity index (χ3n) is 3.69. The lowest BCUT2D eigenvalue weighted by Crippen LogP contribution is -2.26. The predicted molar refractivity (Wildman–Crippen MR) is 109 cm³/mol. The van der Waals surface area contributed by atoms with E-state index in [2.05, 4.69) is 26.2 Å². The van der Waals surface area contributed by atoms with Crippen LogP contribution in [0.15, 0.2) is 59.1 Å². The Kier molecular flexibility index (Phi) is 5.28. The highest BCUT2D eigenvalue weighted by Crippen LogP contribution is 2.22. The maximum absolute atomic E-state index is 12.8. The Hall–Kier alpha value is -2.73. The van der Waals surface area contributed by atoms with E-state index >= 15 is 0 Å². The summed E-state index contributed by atoms with van der Waals surface area (Å²) in [5.74, 6) is -0.569. The summed E-state index contributed by atoms with van der Waals surface area (Å²) in [5.41, 5.74) is 0.537. The number of carbonyl (C=O) groups is 2. The number of hydrogen-bond donors (Lipinski definition) is 1. The zero-order valence-corrected chi connectivity index (χ0v) is 16.8. The molecule has 3 aromatic rings.